The van der Waals surface area contributed by atoms with Gasteiger partial charge in [0.25, 0.3) is 0 Å². The number of sulfone groups is 1. The fourth-order valence-electron chi connectivity index (χ4n) is 2.12. The van der Waals surface area contributed by atoms with Gasteiger partial charge in [0, 0.05) is 13.1 Å². The predicted octanol–water partition coefficient (Wildman–Crippen LogP) is 2.13. The summed E-state index contributed by atoms with van der Waals surface area (Å²) in [6, 6.07) is 15.6. The first-order valence-corrected chi connectivity index (χ1v) is 8.80. The minimum Gasteiger partial charge on any atom is -0.497 e. The van der Waals surface area contributed by atoms with Gasteiger partial charge in [-0.15, -0.1) is 0 Å². The number of benzene rings is 2. The first kappa shape index (κ1) is 17.0. The second kappa shape index (κ2) is 7.78. The van der Waals surface area contributed by atoms with Crippen LogP contribution in [0.3, 0.4) is 0 Å². The SMILES string of the molecule is COc1ccc(CN(C=O)CCS(=O)(=O)c2ccccc2)cc1. The lowest BCUT2D eigenvalue weighted by Gasteiger charge is -2.17. The van der Waals surface area contributed by atoms with Crippen LogP contribution in [0.4, 0.5) is 0 Å². The molecular formula is C17H19NO4S. The van der Waals surface area contributed by atoms with E-state index in [2.05, 4.69) is 0 Å². The third-order valence-corrected chi connectivity index (χ3v) is 5.15. The largest absolute Gasteiger partial charge is 0.497 e. The molecule has 0 aliphatic heterocycles. The van der Waals surface area contributed by atoms with Crippen molar-refractivity contribution in [1.82, 2.24) is 4.90 Å². The van der Waals surface area contributed by atoms with Crippen molar-refractivity contribution in [1.29, 1.82) is 0 Å². The lowest BCUT2D eigenvalue weighted by atomic mass is 10.2. The Kier molecular flexibility index (Phi) is 5.76. The lowest BCUT2D eigenvalue weighted by molar-refractivity contribution is -0.118. The summed E-state index contributed by atoms with van der Waals surface area (Å²) >= 11 is 0. The number of carbonyl (C=O) groups excluding carboxylic acids is 1. The summed E-state index contributed by atoms with van der Waals surface area (Å²) in [6.07, 6.45) is 0.671. The zero-order valence-electron chi connectivity index (χ0n) is 12.9. The average molecular weight is 333 g/mol. The third kappa shape index (κ3) is 4.82. The van der Waals surface area contributed by atoms with Crippen LogP contribution in [-0.4, -0.2) is 39.1 Å². The maximum atomic E-state index is 12.2. The van der Waals surface area contributed by atoms with E-state index >= 15 is 0 Å². The molecule has 2 rings (SSSR count). The van der Waals surface area contributed by atoms with E-state index in [4.69, 9.17) is 4.74 Å². The third-order valence-electron chi connectivity index (χ3n) is 3.44. The van der Waals surface area contributed by atoms with Crippen molar-refractivity contribution in [3.63, 3.8) is 0 Å². The Bertz CT molecular complexity index is 727. The minimum atomic E-state index is -3.39. The highest BCUT2D eigenvalue weighted by Gasteiger charge is 2.15. The number of nitrogens with zero attached hydrogens (tertiary/aromatic N) is 1. The van der Waals surface area contributed by atoms with Crippen LogP contribution in [0, 0.1) is 0 Å². The van der Waals surface area contributed by atoms with Crippen molar-refractivity contribution in [2.45, 2.75) is 11.4 Å². The van der Waals surface area contributed by atoms with E-state index in [1.165, 1.54) is 4.90 Å². The fraction of sp³-hybridized carbons (Fsp3) is 0.235. The number of ether oxygens (including phenoxy) is 1. The summed E-state index contributed by atoms with van der Waals surface area (Å²) in [6.45, 7) is 0.505. The molecule has 0 atom stereocenters. The Morgan fingerprint density at radius 2 is 1.70 bits per heavy atom. The lowest BCUT2D eigenvalue weighted by Crippen LogP contribution is -2.27. The van der Waals surface area contributed by atoms with Crippen molar-refractivity contribution in [3.05, 3.63) is 60.2 Å². The van der Waals surface area contributed by atoms with Crippen LogP contribution in [0.5, 0.6) is 5.75 Å². The van der Waals surface area contributed by atoms with Crippen LogP contribution < -0.4 is 4.74 Å². The summed E-state index contributed by atoms with van der Waals surface area (Å²) < 4.78 is 29.5. The van der Waals surface area contributed by atoms with E-state index in [0.29, 0.717) is 13.0 Å². The molecule has 0 unspecified atom stereocenters. The summed E-state index contributed by atoms with van der Waals surface area (Å²) in [5.74, 6) is 0.629. The predicted molar refractivity (Wildman–Crippen MR) is 88.0 cm³/mol. The van der Waals surface area contributed by atoms with E-state index in [9.17, 15) is 13.2 Å². The number of amides is 1. The van der Waals surface area contributed by atoms with Gasteiger partial charge in [-0.25, -0.2) is 8.42 Å². The normalized spacial score (nSPS) is 11.0. The molecule has 5 nitrogen and oxygen atoms in total. The Balaban J connectivity index is 1.98. The molecule has 122 valence electrons. The van der Waals surface area contributed by atoms with Gasteiger partial charge < -0.3 is 9.64 Å². The Labute approximate surface area is 136 Å². The van der Waals surface area contributed by atoms with Crippen LogP contribution in [0.1, 0.15) is 5.56 Å². The molecule has 0 bridgehead atoms. The molecule has 0 saturated heterocycles. The van der Waals surface area contributed by atoms with Crippen LogP contribution in [0.2, 0.25) is 0 Å². The van der Waals surface area contributed by atoms with E-state index in [0.717, 1.165) is 11.3 Å². The number of carbonyl (C=O) groups is 1. The van der Waals surface area contributed by atoms with E-state index in [-0.39, 0.29) is 17.2 Å². The summed E-state index contributed by atoms with van der Waals surface area (Å²) in [7, 11) is -1.80. The van der Waals surface area contributed by atoms with Crippen LogP contribution >= 0.6 is 0 Å². The Hall–Kier alpha value is -2.34. The summed E-state index contributed by atoms with van der Waals surface area (Å²) in [4.78, 5) is 12.9. The Morgan fingerprint density at radius 1 is 1.04 bits per heavy atom. The van der Waals surface area contributed by atoms with Gasteiger partial charge in [-0.3, -0.25) is 4.79 Å². The molecule has 0 aromatic heterocycles. The van der Waals surface area contributed by atoms with Gasteiger partial charge in [0.2, 0.25) is 6.41 Å². The standard InChI is InChI=1S/C17H19NO4S/c1-22-16-9-7-15(8-10-16)13-18(14-19)11-12-23(20,21)17-5-3-2-4-6-17/h2-10,14H,11-13H2,1H3. The first-order valence-electron chi connectivity index (χ1n) is 7.15. The monoisotopic (exact) mass is 333 g/mol. The van der Waals surface area contributed by atoms with Crippen molar-refractivity contribution < 1.29 is 17.9 Å². The topological polar surface area (TPSA) is 63.7 Å². The van der Waals surface area contributed by atoms with Crippen LogP contribution in [0.25, 0.3) is 0 Å². The number of hydrogen-bond donors (Lipinski definition) is 0. The van der Waals surface area contributed by atoms with Gasteiger partial charge in [-0.05, 0) is 29.8 Å². The number of rotatable bonds is 8. The molecule has 6 heteroatoms. The molecule has 2 aromatic carbocycles. The van der Waals surface area contributed by atoms with E-state index in [1.807, 2.05) is 12.1 Å². The van der Waals surface area contributed by atoms with Gasteiger partial charge in [-0.2, -0.15) is 0 Å². The Morgan fingerprint density at radius 3 is 2.26 bits per heavy atom. The molecule has 0 saturated carbocycles. The maximum Gasteiger partial charge on any atom is 0.210 e. The van der Waals surface area contributed by atoms with E-state index in [1.54, 1.807) is 49.6 Å². The summed E-state index contributed by atoms with van der Waals surface area (Å²) in [5.41, 5.74) is 0.912. The highest BCUT2D eigenvalue weighted by Crippen LogP contribution is 2.14. The highest BCUT2D eigenvalue weighted by molar-refractivity contribution is 7.91. The molecule has 1 amide bonds. The van der Waals surface area contributed by atoms with Gasteiger partial charge in [0.1, 0.15) is 5.75 Å². The number of hydrogen-bond acceptors (Lipinski definition) is 4. The van der Waals surface area contributed by atoms with E-state index < -0.39 is 9.84 Å². The molecule has 0 heterocycles. The highest BCUT2D eigenvalue weighted by atomic mass is 32.2. The summed E-state index contributed by atoms with van der Waals surface area (Å²) in [5, 5.41) is 0. The van der Waals surface area contributed by atoms with Crippen molar-refractivity contribution in [2.24, 2.45) is 0 Å². The van der Waals surface area contributed by atoms with Gasteiger partial charge >= 0.3 is 0 Å². The molecular weight excluding hydrogens is 314 g/mol. The molecule has 0 spiro atoms. The first-order chi connectivity index (χ1) is 11.0. The van der Waals surface area contributed by atoms with Crippen LogP contribution in [0.15, 0.2) is 59.5 Å². The molecule has 23 heavy (non-hydrogen) atoms. The molecule has 0 aliphatic rings. The average Bonchev–Trinajstić information content (AvgIpc) is 2.60. The zero-order valence-corrected chi connectivity index (χ0v) is 13.7. The molecule has 2 aromatic rings. The minimum absolute atomic E-state index is 0.105. The van der Waals surface area contributed by atoms with Gasteiger partial charge in [0.15, 0.2) is 9.84 Å². The maximum absolute atomic E-state index is 12.2. The van der Waals surface area contributed by atoms with Crippen molar-refractivity contribution in [3.8, 4) is 5.75 Å². The molecule has 0 fully saturated rings. The number of methoxy groups -OCH3 is 1. The second-order valence-corrected chi connectivity index (χ2v) is 7.17. The smallest absolute Gasteiger partial charge is 0.210 e. The molecule has 0 aliphatic carbocycles. The van der Waals surface area contributed by atoms with Crippen molar-refractivity contribution in [2.75, 3.05) is 19.4 Å². The quantitative estimate of drug-likeness (QED) is 0.694. The van der Waals surface area contributed by atoms with Crippen LogP contribution in [-0.2, 0) is 21.2 Å². The fourth-order valence-corrected chi connectivity index (χ4v) is 3.40. The van der Waals surface area contributed by atoms with Gasteiger partial charge in [-0.1, -0.05) is 30.3 Å². The molecule has 0 N–H and O–H groups in total. The zero-order chi connectivity index (χ0) is 16.7. The van der Waals surface area contributed by atoms with Gasteiger partial charge in [0.05, 0.1) is 17.8 Å². The molecule has 0 radical (unpaired) electrons. The van der Waals surface area contributed by atoms with Crippen molar-refractivity contribution >= 4 is 16.2 Å². The second-order valence-electron chi connectivity index (χ2n) is 5.06.